The van der Waals surface area contributed by atoms with Crippen molar-refractivity contribution in [2.75, 3.05) is 12.5 Å². The highest BCUT2D eigenvalue weighted by Gasteiger charge is 2.15. The van der Waals surface area contributed by atoms with Crippen LogP contribution in [0.3, 0.4) is 0 Å². The van der Waals surface area contributed by atoms with Crippen molar-refractivity contribution in [3.8, 4) is 5.75 Å². The Morgan fingerprint density at radius 1 is 1.36 bits per heavy atom. The molecule has 1 amide bonds. The summed E-state index contributed by atoms with van der Waals surface area (Å²) in [5, 5.41) is 3.31. The Kier molecular flexibility index (Phi) is 4.83. The second-order valence-electron chi connectivity index (χ2n) is 5.53. The molecule has 0 aliphatic heterocycles. The van der Waals surface area contributed by atoms with Gasteiger partial charge in [0.25, 0.3) is 0 Å². The lowest BCUT2D eigenvalue weighted by atomic mass is 10.1. The number of amides is 1. The predicted molar refractivity (Wildman–Crippen MR) is 93.6 cm³/mol. The summed E-state index contributed by atoms with van der Waals surface area (Å²) in [7, 11) is 1.50. The van der Waals surface area contributed by atoms with Crippen molar-refractivity contribution in [3.05, 3.63) is 60.3 Å². The summed E-state index contributed by atoms with van der Waals surface area (Å²) in [6, 6.07) is 8.71. The number of nitrogens with zero attached hydrogens (tertiary/aromatic N) is 2. The van der Waals surface area contributed by atoms with E-state index in [1.54, 1.807) is 24.4 Å². The molecule has 2 heterocycles. The maximum Gasteiger partial charge on any atom is 0.412 e. The number of pyridine rings is 1. The Morgan fingerprint density at radius 3 is 2.92 bits per heavy atom. The molecule has 1 atom stereocenters. The largest absolute Gasteiger partial charge is 0.412 e. The SMILES string of the molecule is CCC(Nn1ccc2cc(OC(=O)NC)ccc21)c1ccncc1F. The molecule has 0 spiro atoms. The van der Waals surface area contributed by atoms with Gasteiger partial charge < -0.3 is 15.5 Å². The van der Waals surface area contributed by atoms with E-state index < -0.39 is 6.09 Å². The summed E-state index contributed by atoms with van der Waals surface area (Å²) in [4.78, 5) is 15.1. The van der Waals surface area contributed by atoms with E-state index in [9.17, 15) is 9.18 Å². The van der Waals surface area contributed by atoms with Gasteiger partial charge in [0.05, 0.1) is 17.8 Å². The number of carbonyl (C=O) groups is 1. The maximum atomic E-state index is 14.0. The van der Waals surface area contributed by atoms with Crippen LogP contribution in [-0.4, -0.2) is 22.8 Å². The van der Waals surface area contributed by atoms with Gasteiger partial charge in [-0.05, 0) is 36.8 Å². The van der Waals surface area contributed by atoms with E-state index in [4.69, 9.17) is 4.74 Å². The van der Waals surface area contributed by atoms with Crippen LogP contribution >= 0.6 is 0 Å². The summed E-state index contributed by atoms with van der Waals surface area (Å²) in [5.41, 5.74) is 4.78. The van der Waals surface area contributed by atoms with Crippen molar-refractivity contribution in [1.29, 1.82) is 0 Å². The molecular formula is C18H19FN4O2. The number of ether oxygens (including phenoxy) is 1. The molecular weight excluding hydrogens is 323 g/mol. The zero-order chi connectivity index (χ0) is 17.8. The lowest BCUT2D eigenvalue weighted by Gasteiger charge is -2.20. The Hall–Kier alpha value is -3.09. The summed E-state index contributed by atoms with van der Waals surface area (Å²) < 4.78 is 21.0. The molecule has 0 bridgehead atoms. The number of benzene rings is 1. The first-order valence-electron chi connectivity index (χ1n) is 7.99. The van der Waals surface area contributed by atoms with Gasteiger partial charge in [0.15, 0.2) is 0 Å². The van der Waals surface area contributed by atoms with Crippen molar-refractivity contribution in [2.24, 2.45) is 0 Å². The molecule has 1 aromatic carbocycles. The normalized spacial score (nSPS) is 12.0. The zero-order valence-electron chi connectivity index (χ0n) is 14.0. The smallest absolute Gasteiger partial charge is 0.410 e. The number of fused-ring (bicyclic) bond motifs is 1. The Balaban J connectivity index is 1.86. The molecule has 0 saturated heterocycles. The Bertz CT molecular complexity index is 894. The molecule has 3 rings (SSSR count). The molecule has 0 saturated carbocycles. The van der Waals surface area contributed by atoms with Gasteiger partial charge in [-0.15, -0.1) is 0 Å². The van der Waals surface area contributed by atoms with Crippen LogP contribution in [0.1, 0.15) is 24.9 Å². The first-order valence-corrected chi connectivity index (χ1v) is 7.99. The molecule has 0 aliphatic rings. The summed E-state index contributed by atoms with van der Waals surface area (Å²) in [5.74, 6) is 0.122. The van der Waals surface area contributed by atoms with E-state index in [0.717, 1.165) is 10.9 Å². The summed E-state index contributed by atoms with van der Waals surface area (Å²) in [6.07, 6.45) is 4.85. The van der Waals surface area contributed by atoms with E-state index in [-0.39, 0.29) is 11.9 Å². The third-order valence-corrected chi connectivity index (χ3v) is 3.96. The number of carbonyl (C=O) groups excluding carboxylic acids is 1. The monoisotopic (exact) mass is 342 g/mol. The average Bonchev–Trinajstić information content (AvgIpc) is 3.02. The van der Waals surface area contributed by atoms with Crippen LogP contribution in [0.5, 0.6) is 5.75 Å². The third-order valence-electron chi connectivity index (χ3n) is 3.96. The first kappa shape index (κ1) is 16.8. The van der Waals surface area contributed by atoms with Crippen LogP contribution in [0.15, 0.2) is 48.9 Å². The van der Waals surface area contributed by atoms with Crippen LogP contribution in [0.25, 0.3) is 10.9 Å². The van der Waals surface area contributed by atoms with E-state index >= 15 is 0 Å². The number of rotatable bonds is 5. The molecule has 130 valence electrons. The molecule has 0 radical (unpaired) electrons. The van der Waals surface area contributed by atoms with E-state index in [1.807, 2.05) is 29.9 Å². The molecule has 0 fully saturated rings. The molecule has 2 aromatic heterocycles. The third kappa shape index (κ3) is 3.55. The topological polar surface area (TPSA) is 68.2 Å². The van der Waals surface area contributed by atoms with Crippen LogP contribution in [-0.2, 0) is 0 Å². The van der Waals surface area contributed by atoms with Crippen molar-refractivity contribution < 1.29 is 13.9 Å². The predicted octanol–water partition coefficient (Wildman–Crippen LogP) is 3.59. The van der Waals surface area contributed by atoms with Crippen LogP contribution in [0.4, 0.5) is 9.18 Å². The molecule has 25 heavy (non-hydrogen) atoms. The van der Waals surface area contributed by atoms with Crippen molar-refractivity contribution in [2.45, 2.75) is 19.4 Å². The van der Waals surface area contributed by atoms with Gasteiger partial charge in [0.1, 0.15) is 11.6 Å². The second-order valence-corrected chi connectivity index (χ2v) is 5.53. The molecule has 3 aromatic rings. The van der Waals surface area contributed by atoms with Gasteiger partial charge in [-0.25, -0.2) is 9.18 Å². The number of halogens is 1. The van der Waals surface area contributed by atoms with E-state index in [0.29, 0.717) is 17.7 Å². The van der Waals surface area contributed by atoms with Crippen molar-refractivity contribution >= 4 is 17.0 Å². The quantitative estimate of drug-likeness (QED) is 0.743. The highest BCUT2D eigenvalue weighted by Crippen LogP contribution is 2.25. The average molecular weight is 342 g/mol. The maximum absolute atomic E-state index is 14.0. The molecule has 0 aliphatic carbocycles. The standard InChI is InChI=1S/C18H19FN4O2/c1-3-16(14-6-8-21-11-15(14)19)22-23-9-7-12-10-13(4-5-17(12)23)25-18(24)20-2/h4-11,16,22H,3H2,1-2H3,(H,20,24). The van der Waals surface area contributed by atoms with Crippen molar-refractivity contribution in [1.82, 2.24) is 15.0 Å². The highest BCUT2D eigenvalue weighted by molar-refractivity contribution is 5.83. The lowest BCUT2D eigenvalue weighted by molar-refractivity contribution is 0.203. The lowest BCUT2D eigenvalue weighted by Crippen LogP contribution is -2.22. The van der Waals surface area contributed by atoms with Gasteiger partial charge in [-0.1, -0.05) is 6.92 Å². The van der Waals surface area contributed by atoms with E-state index in [1.165, 1.54) is 13.2 Å². The number of nitrogens with one attached hydrogen (secondary N) is 2. The second kappa shape index (κ2) is 7.21. The zero-order valence-corrected chi connectivity index (χ0v) is 14.0. The minimum Gasteiger partial charge on any atom is -0.410 e. The van der Waals surface area contributed by atoms with Crippen LogP contribution in [0, 0.1) is 5.82 Å². The van der Waals surface area contributed by atoms with Crippen LogP contribution in [0.2, 0.25) is 0 Å². The fraction of sp³-hybridized carbons (Fsp3) is 0.222. The molecule has 2 N–H and O–H groups in total. The molecule has 1 unspecified atom stereocenters. The fourth-order valence-corrected chi connectivity index (χ4v) is 2.67. The number of hydrogen-bond donors (Lipinski definition) is 2. The Labute approximate surface area is 144 Å². The van der Waals surface area contributed by atoms with E-state index in [2.05, 4.69) is 15.7 Å². The molecule has 6 nitrogen and oxygen atoms in total. The summed E-state index contributed by atoms with van der Waals surface area (Å²) >= 11 is 0. The highest BCUT2D eigenvalue weighted by atomic mass is 19.1. The van der Waals surface area contributed by atoms with Gasteiger partial charge >= 0.3 is 6.09 Å². The minimum absolute atomic E-state index is 0.194. The fourth-order valence-electron chi connectivity index (χ4n) is 2.67. The minimum atomic E-state index is -0.517. The van der Waals surface area contributed by atoms with Gasteiger partial charge in [-0.2, -0.15) is 0 Å². The first-order chi connectivity index (χ1) is 12.1. The Morgan fingerprint density at radius 2 is 2.20 bits per heavy atom. The number of hydrogen-bond acceptors (Lipinski definition) is 4. The van der Waals surface area contributed by atoms with Gasteiger partial charge in [0, 0.05) is 30.4 Å². The van der Waals surface area contributed by atoms with Gasteiger partial charge in [0.2, 0.25) is 0 Å². The summed E-state index contributed by atoms with van der Waals surface area (Å²) in [6.45, 7) is 1.98. The number of aromatic nitrogens is 2. The van der Waals surface area contributed by atoms with Crippen LogP contribution < -0.4 is 15.5 Å². The van der Waals surface area contributed by atoms with Crippen molar-refractivity contribution in [3.63, 3.8) is 0 Å². The molecule has 7 heteroatoms. The van der Waals surface area contributed by atoms with Gasteiger partial charge in [-0.3, -0.25) is 9.66 Å².